The molecule has 10 nitrogen and oxygen atoms in total. The van der Waals surface area contributed by atoms with Gasteiger partial charge in [0.2, 0.25) is 11.9 Å². The van der Waals surface area contributed by atoms with Crippen LogP contribution in [-0.2, 0) is 0 Å². The highest BCUT2D eigenvalue weighted by Gasteiger charge is 2.32. The van der Waals surface area contributed by atoms with Crippen molar-refractivity contribution >= 4 is 56.7 Å². The van der Waals surface area contributed by atoms with Gasteiger partial charge < -0.3 is 0 Å². The average Bonchev–Trinajstić information content (AvgIpc) is 1.58. The topological polar surface area (TPSA) is 93.7 Å². The zero-order chi connectivity index (χ0) is 68.9. The third-order valence-electron chi connectivity index (χ3n) is 19.6. The highest BCUT2D eigenvalue weighted by Crippen LogP contribution is 2.51. The molecule has 4 aromatic heterocycles. The molecule has 20 rings (SSSR count). The predicted octanol–water partition coefficient (Wildman–Crippen LogP) is 23.9. The normalized spacial score (nSPS) is 11.8. The van der Waals surface area contributed by atoms with E-state index in [1.165, 1.54) is 16.7 Å². The summed E-state index contributed by atoms with van der Waals surface area (Å²) >= 11 is 0. The van der Waals surface area contributed by atoms with Crippen LogP contribution in [0.3, 0.4) is 0 Å². The lowest BCUT2D eigenvalue weighted by Crippen LogP contribution is -2.15. The molecule has 0 unspecified atom stereocenters. The molecule has 0 amide bonds. The highest BCUT2D eigenvalue weighted by molar-refractivity contribution is 6.00. The second-order valence-corrected chi connectivity index (χ2v) is 25.8. The fourth-order valence-corrected chi connectivity index (χ4v) is 14.6. The van der Waals surface area contributed by atoms with Gasteiger partial charge in [-0.05, 0) is 113 Å². The van der Waals surface area contributed by atoms with Gasteiger partial charge in [-0.15, -0.1) is 0 Å². The number of rotatable bonds is 10. The average molecular weight is 1330 g/mol. The first-order chi connectivity index (χ1) is 51.6. The number of hydrogen-bond donors (Lipinski definition) is 0. The lowest BCUT2D eigenvalue weighted by Gasteiger charge is -2.26. The molecule has 2 aliphatic heterocycles. The van der Waals surface area contributed by atoms with Crippen LogP contribution in [0.4, 0.5) is 34.6 Å². The van der Waals surface area contributed by atoms with E-state index in [0.29, 0.717) is 11.6 Å². The number of benzene rings is 14. The third kappa shape index (κ3) is 11.0. The molecule has 2 aliphatic rings. The minimum Gasteiger partial charge on any atom is -0.280 e. The van der Waals surface area contributed by atoms with Gasteiger partial charge in [0.25, 0.3) is 0 Å². The number of anilines is 6. The largest absolute Gasteiger partial charge is 0.280 e. The minimum absolute atomic E-state index is 0.672. The van der Waals surface area contributed by atoms with Gasteiger partial charge in [-0.1, -0.05) is 285 Å². The van der Waals surface area contributed by atoms with Gasteiger partial charge in [0, 0.05) is 61.3 Å². The van der Waals surface area contributed by atoms with E-state index >= 15 is 0 Å². The molecular weight excluding hydrogens is 1270 g/mol. The second-order valence-electron chi connectivity index (χ2n) is 25.8. The summed E-state index contributed by atoms with van der Waals surface area (Å²) in [5.41, 5.74) is 29.0. The lowest BCUT2D eigenvalue weighted by atomic mass is 9.99. The number of imidazole rings is 2. The number of para-hydroxylation sites is 9. The Bertz CT molecular complexity index is 6210. The quantitative estimate of drug-likeness (QED) is 0.134. The van der Waals surface area contributed by atoms with Crippen LogP contribution in [0.15, 0.2) is 376 Å². The van der Waals surface area contributed by atoms with Crippen LogP contribution in [0, 0.1) is 0 Å². The first kappa shape index (κ1) is 60.9. The van der Waals surface area contributed by atoms with Gasteiger partial charge in [-0.2, -0.15) is 0 Å². The number of fused-ring (bicyclic) bond motifs is 14. The maximum atomic E-state index is 5.32. The van der Waals surface area contributed by atoms with Gasteiger partial charge in [0.05, 0.1) is 73.3 Å². The van der Waals surface area contributed by atoms with E-state index in [-0.39, 0.29) is 0 Å². The molecule has 0 radical (unpaired) electrons. The Kier molecular flexibility index (Phi) is 15.3. The van der Waals surface area contributed by atoms with Gasteiger partial charge in [-0.25, -0.2) is 29.9 Å². The Labute approximate surface area is 601 Å². The summed E-state index contributed by atoms with van der Waals surface area (Å²) in [6, 6.07) is 131. The summed E-state index contributed by atoms with van der Waals surface area (Å²) in [6.07, 6.45) is 0. The molecule has 10 heteroatoms. The summed E-state index contributed by atoms with van der Waals surface area (Å²) in [6.45, 7) is 0. The molecule has 0 saturated carbocycles. The van der Waals surface area contributed by atoms with Crippen LogP contribution in [0.25, 0.3) is 146 Å². The van der Waals surface area contributed by atoms with E-state index in [1.807, 2.05) is 60.7 Å². The number of hydrogen-bond acceptors (Lipinski definition) is 8. The van der Waals surface area contributed by atoms with E-state index in [4.69, 9.17) is 29.9 Å². The van der Waals surface area contributed by atoms with Crippen molar-refractivity contribution in [1.82, 2.24) is 39.0 Å². The fraction of sp³-hybridized carbons (Fsp3) is 0. The van der Waals surface area contributed by atoms with Gasteiger partial charge in [0.1, 0.15) is 0 Å². The number of aromatic nitrogens is 8. The molecule has 0 spiro atoms. The molecule has 0 N–H and O–H groups in total. The Morgan fingerprint density at radius 3 is 0.923 bits per heavy atom. The van der Waals surface area contributed by atoms with Crippen LogP contribution < -0.4 is 9.80 Å². The van der Waals surface area contributed by atoms with Crippen molar-refractivity contribution in [1.29, 1.82) is 0 Å². The standard InChI is InChI=1S/2C47H31N5/c1-3-15-32(16-4-1)33-27-29-34(30-28-33)40-31-41(49-46(48-40)35-17-5-2-6-18-35)38-21-9-13-25-44(38)51-42-23-11-7-19-36(42)37-20-8-12-24-43(37)52-45-26-14-10-22-39(45)50-47(51)52;1-3-13-32(14-4-1)33-23-25-35(26-24-33)42-31-41(34-15-5-2-6-16-34)48-46(49-42)36-27-29-37(30-28-36)51-43-20-10-7-17-38(43)39-18-8-11-21-44(39)52-45-22-12-9-19-40(45)50-47(51)52/h2*1-31H. The predicted molar refractivity (Wildman–Crippen MR) is 424 cm³/mol. The SMILES string of the molecule is c1ccc(-c2ccc(-c3cc(-c4ccccc4)nc(-c4ccc(N5c6ccccc6-c6ccccc6-n6c5nc5ccccc56)cc4)n3)cc2)cc1.c1ccc(-c2ccc(-c3cc(-c4ccccc4N4c5ccccc5-c5ccccc5-n5c4nc4ccccc45)nc(-c4ccccc4)n3)cc2)cc1. The van der Waals surface area contributed by atoms with Crippen molar-refractivity contribution in [3.63, 3.8) is 0 Å². The summed E-state index contributed by atoms with van der Waals surface area (Å²) in [5, 5.41) is 0. The van der Waals surface area contributed by atoms with Crippen LogP contribution in [0.1, 0.15) is 0 Å². The fourth-order valence-electron chi connectivity index (χ4n) is 14.6. The van der Waals surface area contributed by atoms with Crippen LogP contribution in [0.5, 0.6) is 0 Å². The summed E-state index contributed by atoms with van der Waals surface area (Å²) in [4.78, 5) is 35.8. The first-order valence-electron chi connectivity index (χ1n) is 34.9. The molecule has 0 bridgehead atoms. The third-order valence-corrected chi connectivity index (χ3v) is 19.6. The maximum absolute atomic E-state index is 5.32. The van der Waals surface area contributed by atoms with E-state index in [9.17, 15) is 0 Å². The van der Waals surface area contributed by atoms with Crippen molar-refractivity contribution in [2.75, 3.05) is 9.80 Å². The van der Waals surface area contributed by atoms with Crippen LogP contribution >= 0.6 is 0 Å². The van der Waals surface area contributed by atoms with E-state index < -0.39 is 0 Å². The van der Waals surface area contributed by atoms with Crippen LogP contribution in [-0.4, -0.2) is 39.0 Å². The molecule has 0 fully saturated rings. The summed E-state index contributed by atoms with van der Waals surface area (Å²) < 4.78 is 4.57. The van der Waals surface area contributed by atoms with Gasteiger partial charge in [-0.3, -0.25) is 18.9 Å². The summed E-state index contributed by atoms with van der Waals surface area (Å²) in [5.74, 6) is 3.01. The molecule has 104 heavy (non-hydrogen) atoms. The van der Waals surface area contributed by atoms with Crippen molar-refractivity contribution in [2.24, 2.45) is 0 Å². The Morgan fingerprint density at radius 2 is 0.462 bits per heavy atom. The summed E-state index contributed by atoms with van der Waals surface area (Å²) in [7, 11) is 0. The second kappa shape index (κ2) is 26.1. The molecule has 18 aromatic rings. The van der Waals surface area contributed by atoms with Crippen molar-refractivity contribution in [3.05, 3.63) is 376 Å². The van der Waals surface area contributed by atoms with E-state index in [1.54, 1.807) is 0 Å². The van der Waals surface area contributed by atoms with Gasteiger partial charge >= 0.3 is 0 Å². The number of nitrogens with zero attached hydrogens (tertiary/aromatic N) is 10. The highest BCUT2D eigenvalue weighted by atomic mass is 15.3. The molecule has 6 heterocycles. The Balaban J connectivity index is 0.000000143. The smallest absolute Gasteiger partial charge is 0.220 e. The van der Waals surface area contributed by atoms with Crippen molar-refractivity contribution in [3.8, 4) is 124 Å². The minimum atomic E-state index is 0.672. The van der Waals surface area contributed by atoms with Gasteiger partial charge in [0.15, 0.2) is 11.6 Å². The molecule has 488 valence electrons. The maximum Gasteiger partial charge on any atom is 0.220 e. The Hall–Kier alpha value is -14.2. The molecule has 0 atom stereocenters. The van der Waals surface area contributed by atoms with Crippen molar-refractivity contribution < 1.29 is 0 Å². The lowest BCUT2D eigenvalue weighted by molar-refractivity contribution is 1.05. The first-order valence-corrected chi connectivity index (χ1v) is 34.9. The molecule has 0 saturated heterocycles. The zero-order valence-electron chi connectivity index (χ0n) is 56.3. The molecule has 0 aliphatic carbocycles. The van der Waals surface area contributed by atoms with E-state index in [0.717, 1.165) is 152 Å². The molecular formula is C94H62N10. The van der Waals surface area contributed by atoms with Crippen LogP contribution in [0.2, 0.25) is 0 Å². The Morgan fingerprint density at radius 1 is 0.183 bits per heavy atom. The van der Waals surface area contributed by atoms with Crippen molar-refractivity contribution in [2.45, 2.75) is 0 Å². The van der Waals surface area contributed by atoms with E-state index in [2.05, 4.69) is 334 Å². The molecule has 14 aromatic carbocycles. The monoisotopic (exact) mass is 1330 g/mol. The zero-order valence-corrected chi connectivity index (χ0v) is 56.3.